The van der Waals surface area contributed by atoms with Gasteiger partial charge in [0.1, 0.15) is 5.75 Å². The van der Waals surface area contributed by atoms with Gasteiger partial charge in [-0.25, -0.2) is 9.59 Å². The summed E-state index contributed by atoms with van der Waals surface area (Å²) in [5.41, 5.74) is 1.42. The maximum Gasteiger partial charge on any atom is 0.338 e. The van der Waals surface area contributed by atoms with Crippen LogP contribution in [0.25, 0.3) is 0 Å². The number of ether oxygens (including phenoxy) is 2. The molecule has 0 saturated carbocycles. The van der Waals surface area contributed by atoms with E-state index in [1.165, 1.54) is 32.1 Å². The molecule has 0 fully saturated rings. The van der Waals surface area contributed by atoms with Crippen molar-refractivity contribution in [3.63, 3.8) is 0 Å². The Morgan fingerprint density at radius 1 is 1.10 bits per heavy atom. The molecule has 0 aliphatic carbocycles. The number of hydrogen-bond donors (Lipinski definition) is 2. The van der Waals surface area contributed by atoms with E-state index in [2.05, 4.69) is 17.6 Å². The van der Waals surface area contributed by atoms with Crippen molar-refractivity contribution in [3.8, 4) is 5.75 Å². The van der Waals surface area contributed by atoms with Crippen LogP contribution in [0.3, 0.4) is 0 Å². The van der Waals surface area contributed by atoms with Crippen LogP contribution < -0.4 is 15.4 Å². The first-order valence-electron chi connectivity index (χ1n) is 10.9. The molecule has 1 atom stereocenters. The van der Waals surface area contributed by atoms with E-state index in [0.29, 0.717) is 34.2 Å². The SMILES string of the molecule is CCCCCCCCCOc1ccc(C2NC(=O)NC(C)=C2C(=O)OCC)c(Cl)c1. The largest absolute Gasteiger partial charge is 0.494 e. The molecule has 0 bridgehead atoms. The molecule has 1 unspecified atom stereocenters. The van der Waals surface area contributed by atoms with Crippen LogP contribution in [0.2, 0.25) is 5.02 Å². The molecule has 0 spiro atoms. The number of halogens is 1. The Bertz CT molecular complexity index is 764. The van der Waals surface area contributed by atoms with Crippen LogP contribution in [0, 0.1) is 0 Å². The van der Waals surface area contributed by atoms with Crippen molar-refractivity contribution in [2.24, 2.45) is 0 Å². The predicted molar refractivity (Wildman–Crippen MR) is 119 cm³/mol. The van der Waals surface area contributed by atoms with Crippen molar-refractivity contribution in [2.75, 3.05) is 13.2 Å². The fraction of sp³-hybridized carbons (Fsp3) is 0.565. The first-order chi connectivity index (χ1) is 14.5. The predicted octanol–water partition coefficient (Wildman–Crippen LogP) is 5.66. The average Bonchev–Trinajstić information content (AvgIpc) is 2.69. The molecule has 1 aliphatic rings. The van der Waals surface area contributed by atoms with Crippen molar-refractivity contribution < 1.29 is 19.1 Å². The van der Waals surface area contributed by atoms with E-state index >= 15 is 0 Å². The number of carbonyl (C=O) groups excluding carboxylic acids is 2. The van der Waals surface area contributed by atoms with Crippen LogP contribution in [0.5, 0.6) is 5.75 Å². The van der Waals surface area contributed by atoms with Crippen LogP contribution in [0.1, 0.15) is 77.3 Å². The summed E-state index contributed by atoms with van der Waals surface area (Å²) in [6, 6.07) is 4.26. The highest BCUT2D eigenvalue weighted by atomic mass is 35.5. The summed E-state index contributed by atoms with van der Waals surface area (Å²) in [5.74, 6) is 0.191. The van der Waals surface area contributed by atoms with Crippen LogP contribution in [-0.4, -0.2) is 25.2 Å². The summed E-state index contributed by atoms with van der Waals surface area (Å²) in [6.07, 6.45) is 8.56. The summed E-state index contributed by atoms with van der Waals surface area (Å²) in [4.78, 5) is 24.4. The van der Waals surface area contributed by atoms with Crippen molar-refractivity contribution >= 4 is 23.6 Å². The Morgan fingerprint density at radius 3 is 2.47 bits per heavy atom. The van der Waals surface area contributed by atoms with E-state index in [1.54, 1.807) is 26.0 Å². The fourth-order valence-corrected chi connectivity index (χ4v) is 3.77. The van der Waals surface area contributed by atoms with Gasteiger partial charge in [0.2, 0.25) is 0 Å². The molecular formula is C23H33ClN2O4. The Balaban J connectivity index is 1.99. The number of nitrogens with one attached hydrogen (secondary N) is 2. The van der Waals surface area contributed by atoms with E-state index in [1.807, 2.05) is 6.07 Å². The molecule has 0 saturated heterocycles. The Kier molecular flexibility index (Phi) is 10.0. The standard InChI is InChI=1S/C23H33ClN2O4/c1-4-6-7-8-9-10-11-14-30-17-12-13-18(19(24)15-17)21-20(22(27)29-5-2)16(3)25-23(28)26-21/h12-13,15,21H,4-11,14H2,1-3H3,(H2,25,26,28). The number of esters is 1. The van der Waals surface area contributed by atoms with Gasteiger partial charge in [-0.3, -0.25) is 0 Å². The highest BCUT2D eigenvalue weighted by Crippen LogP contribution is 2.34. The van der Waals surface area contributed by atoms with E-state index in [9.17, 15) is 9.59 Å². The van der Waals surface area contributed by atoms with Crippen LogP contribution in [0.4, 0.5) is 4.79 Å². The summed E-state index contributed by atoms with van der Waals surface area (Å²) in [5, 5.41) is 5.80. The Morgan fingerprint density at radius 2 is 1.80 bits per heavy atom. The normalized spacial score (nSPS) is 16.1. The molecule has 1 heterocycles. The summed E-state index contributed by atoms with van der Waals surface area (Å²) in [6.45, 7) is 6.52. The van der Waals surface area contributed by atoms with E-state index in [0.717, 1.165) is 12.8 Å². The third kappa shape index (κ3) is 6.94. The van der Waals surface area contributed by atoms with Crippen LogP contribution >= 0.6 is 11.6 Å². The van der Waals surface area contributed by atoms with Gasteiger partial charge in [-0.15, -0.1) is 0 Å². The topological polar surface area (TPSA) is 76.7 Å². The van der Waals surface area contributed by atoms with Gasteiger partial charge in [0.05, 0.1) is 24.8 Å². The molecule has 1 aromatic rings. The van der Waals surface area contributed by atoms with Gasteiger partial charge in [0, 0.05) is 10.7 Å². The van der Waals surface area contributed by atoms with E-state index in [4.69, 9.17) is 21.1 Å². The minimum Gasteiger partial charge on any atom is -0.494 e. The summed E-state index contributed by atoms with van der Waals surface area (Å²) in [7, 11) is 0. The third-order valence-corrected chi connectivity index (χ3v) is 5.39. The second-order valence-corrected chi connectivity index (χ2v) is 7.85. The van der Waals surface area contributed by atoms with E-state index < -0.39 is 12.0 Å². The molecule has 30 heavy (non-hydrogen) atoms. The lowest BCUT2D eigenvalue weighted by molar-refractivity contribution is -0.139. The molecule has 0 aromatic heterocycles. The maximum atomic E-state index is 12.4. The van der Waals surface area contributed by atoms with Gasteiger partial charge >= 0.3 is 12.0 Å². The zero-order valence-electron chi connectivity index (χ0n) is 18.2. The monoisotopic (exact) mass is 436 g/mol. The summed E-state index contributed by atoms with van der Waals surface area (Å²) < 4.78 is 11.0. The zero-order chi connectivity index (χ0) is 21.9. The first kappa shape index (κ1) is 24.1. The van der Waals surface area contributed by atoms with Gasteiger partial charge in [0.25, 0.3) is 0 Å². The van der Waals surface area contributed by atoms with Gasteiger partial charge in [-0.1, -0.05) is 63.1 Å². The molecule has 2 rings (SSSR count). The summed E-state index contributed by atoms with van der Waals surface area (Å²) >= 11 is 6.49. The fourth-order valence-electron chi connectivity index (χ4n) is 3.49. The van der Waals surface area contributed by atoms with Crippen molar-refractivity contribution in [3.05, 3.63) is 40.1 Å². The zero-order valence-corrected chi connectivity index (χ0v) is 18.9. The number of rotatable bonds is 12. The molecule has 1 aromatic carbocycles. The lowest BCUT2D eigenvalue weighted by Crippen LogP contribution is -2.45. The highest BCUT2D eigenvalue weighted by Gasteiger charge is 2.33. The smallest absolute Gasteiger partial charge is 0.338 e. The molecule has 7 heteroatoms. The average molecular weight is 437 g/mol. The molecule has 0 radical (unpaired) electrons. The maximum absolute atomic E-state index is 12.4. The molecule has 2 N–H and O–H groups in total. The number of unbranched alkanes of at least 4 members (excludes halogenated alkanes) is 6. The number of urea groups is 1. The minimum atomic E-state index is -0.678. The van der Waals surface area contributed by atoms with Crippen molar-refractivity contribution in [1.29, 1.82) is 0 Å². The number of allylic oxidation sites excluding steroid dienone is 1. The van der Waals surface area contributed by atoms with Gasteiger partial charge in [0.15, 0.2) is 0 Å². The number of benzene rings is 1. The van der Waals surface area contributed by atoms with Crippen molar-refractivity contribution in [1.82, 2.24) is 10.6 Å². The van der Waals surface area contributed by atoms with Crippen molar-refractivity contribution in [2.45, 2.75) is 71.8 Å². The molecular weight excluding hydrogens is 404 g/mol. The Hall–Kier alpha value is -2.21. The molecule has 6 nitrogen and oxygen atoms in total. The molecule has 2 amide bonds. The lowest BCUT2D eigenvalue weighted by Gasteiger charge is -2.28. The lowest BCUT2D eigenvalue weighted by atomic mass is 9.95. The molecule has 166 valence electrons. The van der Waals surface area contributed by atoms with Crippen LogP contribution in [0.15, 0.2) is 29.5 Å². The quantitative estimate of drug-likeness (QED) is 0.327. The number of amides is 2. The second kappa shape index (κ2) is 12.5. The van der Waals surface area contributed by atoms with E-state index in [-0.39, 0.29) is 12.6 Å². The molecule has 1 aliphatic heterocycles. The minimum absolute atomic E-state index is 0.245. The van der Waals surface area contributed by atoms with Gasteiger partial charge in [-0.2, -0.15) is 0 Å². The second-order valence-electron chi connectivity index (χ2n) is 7.44. The highest BCUT2D eigenvalue weighted by molar-refractivity contribution is 6.31. The third-order valence-electron chi connectivity index (χ3n) is 5.06. The number of carbonyl (C=O) groups is 2. The van der Waals surface area contributed by atoms with Gasteiger partial charge < -0.3 is 20.1 Å². The number of hydrogen-bond acceptors (Lipinski definition) is 4. The Labute approximate surface area is 184 Å². The van der Waals surface area contributed by atoms with Gasteiger partial charge in [-0.05, 0) is 38.0 Å². The first-order valence-corrected chi connectivity index (χ1v) is 11.2. The van der Waals surface area contributed by atoms with Crippen LogP contribution in [-0.2, 0) is 9.53 Å².